The lowest BCUT2D eigenvalue weighted by Crippen LogP contribution is -2.07. The minimum absolute atomic E-state index is 0.770. The Morgan fingerprint density at radius 1 is 1.53 bits per heavy atom. The highest BCUT2D eigenvalue weighted by Crippen LogP contribution is 2.10. The highest BCUT2D eigenvalue weighted by Gasteiger charge is 2.00. The van der Waals surface area contributed by atoms with E-state index >= 15 is 0 Å². The van der Waals surface area contributed by atoms with Crippen molar-refractivity contribution in [2.45, 2.75) is 6.54 Å². The number of hydrogen-bond donors (Lipinski definition) is 1. The second-order valence-corrected chi connectivity index (χ2v) is 4.38. The topological polar surface area (TPSA) is 42.7 Å². The van der Waals surface area contributed by atoms with Crippen molar-refractivity contribution >= 4 is 22.6 Å². The van der Waals surface area contributed by atoms with Crippen LogP contribution in [0.5, 0.6) is 0 Å². The lowest BCUT2D eigenvalue weighted by atomic mass is 10.3. The lowest BCUT2D eigenvalue weighted by Gasteiger charge is -2.03. The number of nitrogens with one attached hydrogen (secondary N) is 1. The summed E-state index contributed by atoms with van der Waals surface area (Å²) in [4.78, 5) is 4.26. The van der Waals surface area contributed by atoms with Crippen molar-refractivity contribution in [1.29, 1.82) is 0 Å². The summed E-state index contributed by atoms with van der Waals surface area (Å²) in [6, 6.07) is 3.97. The smallest absolute Gasteiger partial charge is 0.0679 e. The molecule has 0 spiro atoms. The molecule has 0 saturated heterocycles. The predicted octanol–water partition coefficient (Wildman–Crippen LogP) is 1.59. The van der Waals surface area contributed by atoms with E-state index in [1.807, 2.05) is 36.3 Å². The lowest BCUT2D eigenvalue weighted by molar-refractivity contribution is 0.784. The maximum absolute atomic E-state index is 4.26. The molecule has 0 bridgehead atoms. The number of nitrogens with zero attached hydrogens (tertiary/aromatic N) is 3. The van der Waals surface area contributed by atoms with Gasteiger partial charge in [-0.25, -0.2) is 4.68 Å². The van der Waals surface area contributed by atoms with E-state index in [2.05, 4.69) is 38.0 Å². The molecule has 78 valence electrons. The zero-order chi connectivity index (χ0) is 10.7. The van der Waals surface area contributed by atoms with Gasteiger partial charge < -0.3 is 5.32 Å². The number of pyridine rings is 1. The fraction of sp³-hybridized carbons (Fsp3) is 0.200. The summed E-state index contributed by atoms with van der Waals surface area (Å²) in [5.74, 6) is 0. The van der Waals surface area contributed by atoms with Crippen LogP contribution in [-0.2, 0) is 6.54 Å². The third-order valence-electron chi connectivity index (χ3n) is 1.97. The molecule has 15 heavy (non-hydrogen) atoms. The molecule has 2 heterocycles. The van der Waals surface area contributed by atoms with Gasteiger partial charge in [-0.05, 0) is 41.8 Å². The van der Waals surface area contributed by atoms with Crippen molar-refractivity contribution in [3.8, 4) is 5.69 Å². The highest BCUT2D eigenvalue weighted by molar-refractivity contribution is 14.1. The first kappa shape index (κ1) is 10.6. The first-order valence-electron chi connectivity index (χ1n) is 4.59. The molecular weight excluding hydrogens is 303 g/mol. The fourth-order valence-electron chi connectivity index (χ4n) is 1.33. The minimum atomic E-state index is 0.770. The number of aromatic nitrogens is 3. The van der Waals surface area contributed by atoms with Crippen LogP contribution in [0.3, 0.4) is 0 Å². The monoisotopic (exact) mass is 314 g/mol. The molecule has 0 aromatic carbocycles. The predicted molar refractivity (Wildman–Crippen MR) is 66.8 cm³/mol. The second-order valence-electron chi connectivity index (χ2n) is 3.14. The standard InChI is InChI=1S/C10H11IN4/c1-12-6-9-4-10(2-3-13-9)15-7-8(11)5-14-15/h2-5,7,12H,6H2,1H3. The SMILES string of the molecule is CNCc1cc(-n2cc(I)cn2)ccn1. The van der Waals surface area contributed by atoms with E-state index in [0.717, 1.165) is 21.5 Å². The Bertz CT molecular complexity index is 452. The highest BCUT2D eigenvalue weighted by atomic mass is 127. The van der Waals surface area contributed by atoms with Gasteiger partial charge >= 0.3 is 0 Å². The third kappa shape index (κ3) is 2.54. The summed E-state index contributed by atoms with van der Waals surface area (Å²) in [6.07, 6.45) is 5.62. The molecule has 0 saturated carbocycles. The molecule has 2 rings (SSSR count). The van der Waals surface area contributed by atoms with Crippen LogP contribution >= 0.6 is 22.6 Å². The molecule has 2 aromatic rings. The van der Waals surface area contributed by atoms with Crippen molar-refractivity contribution in [3.05, 3.63) is 40.0 Å². The molecule has 0 amide bonds. The first-order chi connectivity index (χ1) is 7.29. The minimum Gasteiger partial charge on any atom is -0.314 e. The summed E-state index contributed by atoms with van der Waals surface area (Å²) in [5.41, 5.74) is 2.05. The van der Waals surface area contributed by atoms with Gasteiger partial charge in [0, 0.05) is 18.9 Å². The van der Waals surface area contributed by atoms with Crippen LogP contribution in [0.1, 0.15) is 5.69 Å². The Balaban J connectivity index is 2.32. The van der Waals surface area contributed by atoms with Crippen molar-refractivity contribution in [3.63, 3.8) is 0 Å². The summed E-state index contributed by atoms with van der Waals surface area (Å²) in [5, 5.41) is 7.32. The number of hydrogen-bond acceptors (Lipinski definition) is 3. The first-order valence-corrected chi connectivity index (χ1v) is 5.67. The third-order valence-corrected chi connectivity index (χ3v) is 2.53. The number of rotatable bonds is 3. The van der Waals surface area contributed by atoms with Crippen molar-refractivity contribution < 1.29 is 0 Å². The van der Waals surface area contributed by atoms with E-state index < -0.39 is 0 Å². The Morgan fingerprint density at radius 3 is 3.07 bits per heavy atom. The van der Waals surface area contributed by atoms with Crippen molar-refractivity contribution in [1.82, 2.24) is 20.1 Å². The molecule has 4 nitrogen and oxygen atoms in total. The average Bonchev–Trinajstić information content (AvgIpc) is 2.66. The zero-order valence-electron chi connectivity index (χ0n) is 8.31. The Hall–Kier alpha value is -0.950. The van der Waals surface area contributed by atoms with E-state index in [9.17, 15) is 0 Å². The van der Waals surface area contributed by atoms with Gasteiger partial charge in [0.05, 0.1) is 21.1 Å². The molecule has 0 aliphatic heterocycles. The molecule has 0 aliphatic rings. The summed E-state index contributed by atoms with van der Waals surface area (Å²) >= 11 is 2.24. The van der Waals surface area contributed by atoms with Gasteiger partial charge in [-0.3, -0.25) is 4.98 Å². The van der Waals surface area contributed by atoms with Gasteiger partial charge in [0.1, 0.15) is 0 Å². The van der Waals surface area contributed by atoms with Crippen LogP contribution in [0, 0.1) is 3.57 Å². The van der Waals surface area contributed by atoms with Crippen LogP contribution in [0.15, 0.2) is 30.7 Å². The molecule has 0 atom stereocenters. The Morgan fingerprint density at radius 2 is 2.40 bits per heavy atom. The summed E-state index contributed by atoms with van der Waals surface area (Å²) in [7, 11) is 1.91. The van der Waals surface area contributed by atoms with E-state index in [-0.39, 0.29) is 0 Å². The average molecular weight is 314 g/mol. The molecule has 5 heteroatoms. The summed E-state index contributed by atoms with van der Waals surface area (Å²) < 4.78 is 2.97. The second kappa shape index (κ2) is 4.71. The van der Waals surface area contributed by atoms with Gasteiger partial charge in [-0.1, -0.05) is 0 Å². The molecule has 0 radical (unpaired) electrons. The van der Waals surface area contributed by atoms with Crippen molar-refractivity contribution in [2.75, 3.05) is 7.05 Å². The van der Waals surface area contributed by atoms with E-state index in [4.69, 9.17) is 0 Å². The molecule has 1 N–H and O–H groups in total. The normalized spacial score (nSPS) is 10.5. The summed E-state index contributed by atoms with van der Waals surface area (Å²) in [6.45, 7) is 0.770. The molecule has 0 unspecified atom stereocenters. The van der Waals surface area contributed by atoms with Crippen LogP contribution in [0.4, 0.5) is 0 Å². The number of halogens is 1. The van der Waals surface area contributed by atoms with Gasteiger partial charge in [-0.2, -0.15) is 5.10 Å². The maximum atomic E-state index is 4.26. The van der Waals surface area contributed by atoms with Gasteiger partial charge in [0.15, 0.2) is 0 Å². The maximum Gasteiger partial charge on any atom is 0.0679 e. The van der Waals surface area contributed by atoms with Gasteiger partial charge in [-0.15, -0.1) is 0 Å². The van der Waals surface area contributed by atoms with Gasteiger partial charge in [0.2, 0.25) is 0 Å². The molecule has 0 aliphatic carbocycles. The zero-order valence-corrected chi connectivity index (χ0v) is 10.5. The van der Waals surface area contributed by atoms with E-state index in [1.54, 1.807) is 6.20 Å². The largest absolute Gasteiger partial charge is 0.314 e. The van der Waals surface area contributed by atoms with Crippen molar-refractivity contribution in [2.24, 2.45) is 0 Å². The molecular formula is C10H11IN4. The van der Waals surface area contributed by atoms with E-state index in [1.165, 1.54) is 0 Å². The quantitative estimate of drug-likeness (QED) is 0.875. The Kier molecular flexibility index (Phi) is 3.32. The fourth-order valence-corrected chi connectivity index (χ4v) is 1.72. The van der Waals surface area contributed by atoms with Gasteiger partial charge in [0.25, 0.3) is 0 Å². The van der Waals surface area contributed by atoms with Crippen LogP contribution < -0.4 is 5.32 Å². The molecule has 2 aromatic heterocycles. The van der Waals surface area contributed by atoms with Crippen LogP contribution in [0.25, 0.3) is 5.69 Å². The van der Waals surface area contributed by atoms with E-state index in [0.29, 0.717) is 0 Å². The van der Waals surface area contributed by atoms with Crippen LogP contribution in [-0.4, -0.2) is 21.8 Å². The van der Waals surface area contributed by atoms with Crippen LogP contribution in [0.2, 0.25) is 0 Å². The Labute approximate surface area is 102 Å². The molecule has 0 fully saturated rings.